The highest BCUT2D eigenvalue weighted by molar-refractivity contribution is 7.89. The first-order valence-corrected chi connectivity index (χ1v) is 12.6. The van der Waals surface area contributed by atoms with E-state index in [2.05, 4.69) is 28.5 Å². The van der Waals surface area contributed by atoms with Crippen molar-refractivity contribution in [3.8, 4) is 11.1 Å². The highest BCUT2D eigenvalue weighted by Gasteiger charge is 2.29. The SMILES string of the molecule is CCS(=O)(=O)N1CCC(c2c[nH]c3c(C(N)=O)cc(-c4cccc(CNC)c4)cc23)CC1. The number of amides is 1. The third kappa shape index (κ3) is 4.30. The van der Waals surface area contributed by atoms with Gasteiger partial charge in [0.1, 0.15) is 0 Å². The number of hydrogen-bond acceptors (Lipinski definition) is 4. The molecule has 2 heterocycles. The van der Waals surface area contributed by atoms with Gasteiger partial charge in [-0.3, -0.25) is 4.79 Å². The molecule has 1 aliphatic rings. The predicted molar refractivity (Wildman–Crippen MR) is 128 cm³/mol. The van der Waals surface area contributed by atoms with Gasteiger partial charge in [0.05, 0.1) is 16.8 Å². The monoisotopic (exact) mass is 454 g/mol. The lowest BCUT2D eigenvalue weighted by molar-refractivity contribution is 0.100. The van der Waals surface area contributed by atoms with E-state index in [0.29, 0.717) is 18.7 Å². The van der Waals surface area contributed by atoms with Gasteiger partial charge in [0.15, 0.2) is 0 Å². The maximum atomic E-state index is 12.3. The number of H-pyrrole nitrogens is 1. The first-order chi connectivity index (χ1) is 15.3. The summed E-state index contributed by atoms with van der Waals surface area (Å²) in [5, 5.41) is 4.14. The van der Waals surface area contributed by atoms with Crippen LogP contribution < -0.4 is 11.1 Å². The molecule has 32 heavy (non-hydrogen) atoms. The molecule has 1 aliphatic heterocycles. The van der Waals surface area contributed by atoms with Crippen LogP contribution in [0.3, 0.4) is 0 Å². The fourth-order valence-electron chi connectivity index (χ4n) is 4.64. The number of primary amides is 1. The second-order valence-corrected chi connectivity index (χ2v) is 10.6. The molecule has 0 bridgehead atoms. The smallest absolute Gasteiger partial charge is 0.250 e. The van der Waals surface area contributed by atoms with Crippen LogP contribution in [0.1, 0.15) is 47.2 Å². The molecule has 1 amide bonds. The summed E-state index contributed by atoms with van der Waals surface area (Å²) >= 11 is 0. The van der Waals surface area contributed by atoms with Crippen LogP contribution >= 0.6 is 0 Å². The van der Waals surface area contributed by atoms with E-state index in [-0.39, 0.29) is 11.7 Å². The van der Waals surface area contributed by atoms with Crippen molar-refractivity contribution in [2.75, 3.05) is 25.9 Å². The van der Waals surface area contributed by atoms with Crippen molar-refractivity contribution < 1.29 is 13.2 Å². The number of carbonyl (C=O) groups excluding carboxylic acids is 1. The van der Waals surface area contributed by atoms with E-state index in [1.165, 1.54) is 0 Å². The molecule has 4 rings (SSSR count). The minimum atomic E-state index is -3.17. The molecule has 1 fully saturated rings. The van der Waals surface area contributed by atoms with E-state index in [4.69, 9.17) is 5.73 Å². The average molecular weight is 455 g/mol. The minimum absolute atomic E-state index is 0.128. The van der Waals surface area contributed by atoms with Gasteiger partial charge in [-0.2, -0.15) is 0 Å². The van der Waals surface area contributed by atoms with Gasteiger partial charge >= 0.3 is 0 Å². The standard InChI is InChI=1S/C24H30N4O3S/c1-3-32(30,31)28-9-7-17(8-10-28)22-15-27-23-20(22)12-19(13-21(23)24(25)29)18-6-4-5-16(11-18)14-26-2/h4-6,11-13,15,17,26-27H,3,7-10,14H2,1-2H3,(H2,25,29). The summed E-state index contributed by atoms with van der Waals surface area (Å²) in [7, 11) is -1.26. The minimum Gasteiger partial charge on any atom is -0.366 e. The number of benzene rings is 2. The lowest BCUT2D eigenvalue weighted by Crippen LogP contribution is -2.38. The Kier molecular flexibility index (Phi) is 6.37. The van der Waals surface area contributed by atoms with Crippen molar-refractivity contribution in [3.63, 3.8) is 0 Å². The number of nitrogens with one attached hydrogen (secondary N) is 2. The van der Waals surface area contributed by atoms with Crippen LogP contribution in [0.2, 0.25) is 0 Å². The van der Waals surface area contributed by atoms with Crippen LogP contribution in [0.5, 0.6) is 0 Å². The van der Waals surface area contributed by atoms with Crippen molar-refractivity contribution in [2.24, 2.45) is 5.73 Å². The fraction of sp³-hybridized carbons (Fsp3) is 0.375. The Labute approximate surface area is 189 Å². The normalized spacial score (nSPS) is 15.9. The molecule has 0 atom stereocenters. The Bertz CT molecular complexity index is 1240. The van der Waals surface area contributed by atoms with E-state index in [1.807, 2.05) is 31.4 Å². The molecule has 7 nitrogen and oxygen atoms in total. The molecule has 8 heteroatoms. The van der Waals surface area contributed by atoms with E-state index >= 15 is 0 Å². The highest BCUT2D eigenvalue weighted by Crippen LogP contribution is 2.37. The van der Waals surface area contributed by atoms with E-state index in [0.717, 1.165) is 52.5 Å². The summed E-state index contributed by atoms with van der Waals surface area (Å²) in [6, 6.07) is 12.2. The van der Waals surface area contributed by atoms with Crippen LogP contribution in [0.25, 0.3) is 22.0 Å². The highest BCUT2D eigenvalue weighted by atomic mass is 32.2. The number of hydrogen-bond donors (Lipinski definition) is 3. The second kappa shape index (κ2) is 9.05. The topological polar surface area (TPSA) is 108 Å². The summed E-state index contributed by atoms with van der Waals surface area (Å²) in [5.74, 6) is -0.123. The molecule has 3 aromatic rings. The Morgan fingerprint density at radius 2 is 1.94 bits per heavy atom. The van der Waals surface area contributed by atoms with E-state index < -0.39 is 15.9 Å². The van der Waals surface area contributed by atoms with Gasteiger partial charge in [-0.25, -0.2) is 12.7 Å². The molecule has 170 valence electrons. The molecule has 0 unspecified atom stereocenters. The number of aromatic amines is 1. The van der Waals surface area contributed by atoms with Crippen molar-refractivity contribution in [1.82, 2.24) is 14.6 Å². The predicted octanol–water partition coefficient (Wildman–Crippen LogP) is 3.18. The molecule has 4 N–H and O–H groups in total. The maximum absolute atomic E-state index is 12.3. The molecule has 0 radical (unpaired) electrons. The number of carbonyl (C=O) groups is 1. The summed E-state index contributed by atoms with van der Waals surface area (Å²) in [6.07, 6.45) is 3.45. The zero-order chi connectivity index (χ0) is 22.9. The van der Waals surface area contributed by atoms with Gasteiger partial charge in [-0.05, 0) is 73.2 Å². The molecule has 1 saturated heterocycles. The number of piperidine rings is 1. The third-order valence-electron chi connectivity index (χ3n) is 6.38. The van der Waals surface area contributed by atoms with Crippen molar-refractivity contribution in [1.29, 1.82) is 0 Å². The largest absolute Gasteiger partial charge is 0.366 e. The maximum Gasteiger partial charge on any atom is 0.250 e. The molecule has 2 aromatic carbocycles. The number of nitrogens with zero attached hydrogens (tertiary/aromatic N) is 1. The first kappa shape index (κ1) is 22.5. The molecule has 0 spiro atoms. The van der Waals surface area contributed by atoms with Gasteiger partial charge in [0.2, 0.25) is 10.0 Å². The van der Waals surface area contributed by atoms with Crippen molar-refractivity contribution in [2.45, 2.75) is 32.2 Å². The Morgan fingerprint density at radius 3 is 2.59 bits per heavy atom. The number of rotatable bonds is 7. The van der Waals surface area contributed by atoms with Gasteiger partial charge in [0.25, 0.3) is 5.91 Å². The zero-order valence-electron chi connectivity index (χ0n) is 18.5. The van der Waals surface area contributed by atoms with Gasteiger partial charge in [0, 0.05) is 31.2 Å². The lowest BCUT2D eigenvalue weighted by Gasteiger charge is -2.31. The summed E-state index contributed by atoms with van der Waals surface area (Å²) in [4.78, 5) is 15.5. The van der Waals surface area contributed by atoms with Crippen LogP contribution in [-0.4, -0.2) is 49.5 Å². The molecule has 0 aliphatic carbocycles. The molecular weight excluding hydrogens is 424 g/mol. The fourth-order valence-corrected chi connectivity index (χ4v) is 5.78. The van der Waals surface area contributed by atoms with Crippen LogP contribution in [0.4, 0.5) is 0 Å². The second-order valence-electron chi connectivity index (χ2n) is 8.36. The Morgan fingerprint density at radius 1 is 1.19 bits per heavy atom. The summed E-state index contributed by atoms with van der Waals surface area (Å²) in [5.41, 5.74) is 11.2. The average Bonchev–Trinajstić information content (AvgIpc) is 3.23. The van der Waals surface area contributed by atoms with Crippen LogP contribution in [0, 0.1) is 0 Å². The number of aromatic nitrogens is 1. The van der Waals surface area contributed by atoms with Crippen molar-refractivity contribution >= 4 is 26.8 Å². The molecule has 0 saturated carbocycles. The quantitative estimate of drug-likeness (QED) is 0.509. The number of nitrogens with two attached hydrogens (primary N) is 1. The Balaban J connectivity index is 1.73. The number of sulfonamides is 1. The van der Waals surface area contributed by atoms with E-state index in [9.17, 15) is 13.2 Å². The summed E-state index contributed by atoms with van der Waals surface area (Å²) < 4.78 is 26.0. The van der Waals surface area contributed by atoms with Crippen LogP contribution in [-0.2, 0) is 16.6 Å². The first-order valence-electron chi connectivity index (χ1n) is 11.0. The lowest BCUT2D eigenvalue weighted by atomic mass is 9.88. The van der Waals surface area contributed by atoms with Gasteiger partial charge in [-0.15, -0.1) is 0 Å². The zero-order valence-corrected chi connectivity index (χ0v) is 19.3. The van der Waals surface area contributed by atoms with E-state index in [1.54, 1.807) is 11.2 Å². The molecule has 1 aromatic heterocycles. The number of fused-ring (bicyclic) bond motifs is 1. The van der Waals surface area contributed by atoms with Crippen molar-refractivity contribution in [3.05, 3.63) is 59.3 Å². The Hall–Kier alpha value is -2.68. The summed E-state index contributed by atoms with van der Waals surface area (Å²) in [6.45, 7) is 3.47. The van der Waals surface area contributed by atoms with Gasteiger partial charge in [-0.1, -0.05) is 18.2 Å². The third-order valence-corrected chi connectivity index (χ3v) is 8.26. The van der Waals surface area contributed by atoms with Gasteiger partial charge < -0.3 is 16.0 Å². The van der Waals surface area contributed by atoms with Crippen LogP contribution in [0.15, 0.2) is 42.6 Å². The molecular formula is C24H30N4O3S.